The molecular formula is C28H32N4O3. The van der Waals surface area contributed by atoms with E-state index in [1.807, 2.05) is 34.9 Å². The third-order valence-electron chi connectivity index (χ3n) is 7.26. The van der Waals surface area contributed by atoms with E-state index in [1.165, 1.54) is 0 Å². The van der Waals surface area contributed by atoms with Gasteiger partial charge in [-0.15, -0.1) is 0 Å². The molecular weight excluding hydrogens is 440 g/mol. The predicted molar refractivity (Wildman–Crippen MR) is 135 cm³/mol. The maximum Gasteiger partial charge on any atom is 0.255 e. The second-order valence-electron chi connectivity index (χ2n) is 9.68. The Kier molecular flexibility index (Phi) is 6.41. The van der Waals surface area contributed by atoms with Gasteiger partial charge in [0.1, 0.15) is 5.82 Å². The number of ketones is 1. The van der Waals surface area contributed by atoms with Crippen LogP contribution in [0.5, 0.6) is 0 Å². The normalized spacial score (nSPS) is 19.0. The summed E-state index contributed by atoms with van der Waals surface area (Å²) in [5.74, 6) is 1.08. The second-order valence-corrected chi connectivity index (χ2v) is 9.68. The molecule has 0 saturated carbocycles. The molecule has 2 amide bonds. The molecule has 3 aliphatic heterocycles. The van der Waals surface area contributed by atoms with Gasteiger partial charge in [-0.1, -0.05) is 5.57 Å². The van der Waals surface area contributed by atoms with Crippen LogP contribution in [-0.4, -0.2) is 58.6 Å². The highest BCUT2D eigenvalue weighted by atomic mass is 16.2. The first-order chi connectivity index (χ1) is 16.9. The summed E-state index contributed by atoms with van der Waals surface area (Å²) in [6.45, 7) is 7.11. The van der Waals surface area contributed by atoms with Crippen LogP contribution in [0.4, 0.5) is 11.5 Å². The molecule has 35 heavy (non-hydrogen) atoms. The van der Waals surface area contributed by atoms with E-state index >= 15 is 0 Å². The molecule has 1 aromatic heterocycles. The quantitative estimate of drug-likeness (QED) is 0.621. The first-order valence-electron chi connectivity index (χ1n) is 12.6. The van der Waals surface area contributed by atoms with E-state index in [0.29, 0.717) is 31.7 Å². The summed E-state index contributed by atoms with van der Waals surface area (Å²) in [5.41, 5.74) is 5.74. The van der Waals surface area contributed by atoms with Crippen LogP contribution in [0.3, 0.4) is 0 Å². The van der Waals surface area contributed by atoms with Crippen molar-refractivity contribution in [2.75, 3.05) is 31.1 Å². The first kappa shape index (κ1) is 23.3. The van der Waals surface area contributed by atoms with E-state index in [-0.39, 0.29) is 17.6 Å². The summed E-state index contributed by atoms with van der Waals surface area (Å²) >= 11 is 0. The van der Waals surface area contributed by atoms with Gasteiger partial charge in [-0.05, 0) is 87.4 Å². The van der Waals surface area contributed by atoms with Crippen LogP contribution in [0.1, 0.15) is 71.4 Å². The van der Waals surface area contributed by atoms with Crippen LogP contribution >= 0.6 is 0 Å². The minimum absolute atomic E-state index is 0.0113. The van der Waals surface area contributed by atoms with Crippen molar-refractivity contribution in [3.8, 4) is 0 Å². The van der Waals surface area contributed by atoms with Gasteiger partial charge in [-0.3, -0.25) is 14.4 Å². The molecule has 1 fully saturated rings. The Morgan fingerprint density at radius 2 is 1.86 bits per heavy atom. The van der Waals surface area contributed by atoms with E-state index in [9.17, 15) is 14.4 Å². The molecule has 0 aliphatic carbocycles. The van der Waals surface area contributed by atoms with Gasteiger partial charge in [0.15, 0.2) is 5.78 Å². The van der Waals surface area contributed by atoms with Crippen molar-refractivity contribution in [2.45, 2.75) is 52.5 Å². The Morgan fingerprint density at radius 1 is 1.03 bits per heavy atom. The fourth-order valence-corrected chi connectivity index (χ4v) is 5.45. The number of hydrogen-bond donors (Lipinski definition) is 0. The zero-order valence-electron chi connectivity index (χ0n) is 20.5. The number of carbonyl (C=O) groups excluding carboxylic acids is 3. The summed E-state index contributed by atoms with van der Waals surface area (Å²) in [5, 5.41) is 0. The van der Waals surface area contributed by atoms with Gasteiger partial charge in [0, 0.05) is 50.2 Å². The molecule has 0 atom stereocenters. The van der Waals surface area contributed by atoms with Crippen LogP contribution < -0.4 is 4.90 Å². The van der Waals surface area contributed by atoms with Crippen LogP contribution in [0.15, 0.2) is 42.1 Å². The molecule has 0 radical (unpaired) electrons. The lowest BCUT2D eigenvalue weighted by molar-refractivity contribution is -0.112. The smallest absolute Gasteiger partial charge is 0.255 e. The maximum atomic E-state index is 13.3. The van der Waals surface area contributed by atoms with Gasteiger partial charge in [-0.25, -0.2) is 4.98 Å². The number of allylic oxidation sites excluding steroid dienone is 1. The average Bonchev–Trinajstić information content (AvgIpc) is 3.01. The molecule has 0 bridgehead atoms. The molecule has 7 nitrogen and oxygen atoms in total. The summed E-state index contributed by atoms with van der Waals surface area (Å²) in [6, 6.07) is 8.06. The lowest BCUT2D eigenvalue weighted by atomic mass is 10.0. The molecule has 0 N–H and O–H groups in total. The Bertz CT molecular complexity index is 1220. The third kappa shape index (κ3) is 4.59. The highest BCUT2D eigenvalue weighted by Crippen LogP contribution is 2.35. The number of carbonyl (C=O) groups is 3. The fraction of sp³-hybridized carbons (Fsp3) is 0.429. The van der Waals surface area contributed by atoms with E-state index in [2.05, 4.69) is 11.0 Å². The summed E-state index contributed by atoms with van der Waals surface area (Å²) in [7, 11) is 0. The number of nitrogens with zero attached hydrogens (tertiary/aromatic N) is 4. The highest BCUT2D eigenvalue weighted by Gasteiger charge is 2.29. The Balaban J connectivity index is 1.36. The van der Waals surface area contributed by atoms with E-state index in [1.54, 1.807) is 19.2 Å². The second kappa shape index (κ2) is 9.64. The van der Waals surface area contributed by atoms with Gasteiger partial charge < -0.3 is 14.7 Å². The number of amides is 2. The molecule has 2 aromatic rings. The number of likely N-dealkylation sites (tertiary alicyclic amines) is 1. The minimum atomic E-state index is 0.0113. The molecule has 4 heterocycles. The monoisotopic (exact) mass is 472 g/mol. The van der Waals surface area contributed by atoms with Gasteiger partial charge in [0.25, 0.3) is 11.8 Å². The molecule has 5 rings (SSSR count). The average molecular weight is 473 g/mol. The van der Waals surface area contributed by atoms with Crippen molar-refractivity contribution < 1.29 is 14.4 Å². The van der Waals surface area contributed by atoms with E-state index in [0.717, 1.165) is 72.4 Å². The SMILES string of the molecule is CCN1Cc2cc(N3CCCc4cc(C(=O)N5CCC/C(=C/C(C)=O)CC5)cnc43)ccc2C1=O. The molecule has 182 valence electrons. The maximum absolute atomic E-state index is 13.3. The first-order valence-corrected chi connectivity index (χ1v) is 12.6. The number of aromatic nitrogens is 1. The number of rotatable bonds is 4. The van der Waals surface area contributed by atoms with Crippen molar-refractivity contribution in [1.29, 1.82) is 0 Å². The van der Waals surface area contributed by atoms with Crippen molar-refractivity contribution >= 4 is 29.1 Å². The van der Waals surface area contributed by atoms with Crippen LogP contribution in [0, 0.1) is 0 Å². The lowest BCUT2D eigenvalue weighted by Gasteiger charge is -2.31. The topological polar surface area (TPSA) is 73.8 Å². The Morgan fingerprint density at radius 3 is 2.66 bits per heavy atom. The fourth-order valence-electron chi connectivity index (χ4n) is 5.45. The molecule has 1 saturated heterocycles. The van der Waals surface area contributed by atoms with Crippen molar-refractivity contribution in [3.63, 3.8) is 0 Å². The van der Waals surface area contributed by atoms with E-state index < -0.39 is 0 Å². The number of fused-ring (bicyclic) bond motifs is 2. The lowest BCUT2D eigenvalue weighted by Crippen LogP contribution is -2.32. The zero-order chi connectivity index (χ0) is 24.5. The number of pyridine rings is 1. The van der Waals surface area contributed by atoms with Gasteiger partial charge in [0.05, 0.1) is 5.56 Å². The third-order valence-corrected chi connectivity index (χ3v) is 7.26. The summed E-state index contributed by atoms with van der Waals surface area (Å²) in [6.07, 6.45) is 7.76. The van der Waals surface area contributed by atoms with Crippen molar-refractivity contribution in [1.82, 2.24) is 14.8 Å². The standard InChI is InChI=1S/C28H32N4O3/c1-3-30-18-23-16-24(8-9-25(23)28(30)35)32-12-5-7-21-15-22(17-29-26(21)32)27(34)31-11-4-6-20(10-13-31)14-19(2)33/h8-9,14-17H,3-7,10-13,18H2,1-2H3/b20-14-. The van der Waals surface area contributed by atoms with Crippen molar-refractivity contribution in [3.05, 3.63) is 64.4 Å². The number of aryl methyl sites for hydroxylation is 1. The molecule has 3 aliphatic rings. The molecule has 7 heteroatoms. The predicted octanol–water partition coefficient (Wildman–Crippen LogP) is 4.28. The minimum Gasteiger partial charge on any atom is -0.338 e. The number of hydrogen-bond acceptors (Lipinski definition) is 5. The van der Waals surface area contributed by atoms with Crippen LogP contribution in [0.25, 0.3) is 0 Å². The molecule has 0 unspecified atom stereocenters. The molecule has 0 spiro atoms. The number of anilines is 2. The number of benzene rings is 1. The highest BCUT2D eigenvalue weighted by molar-refractivity contribution is 5.99. The van der Waals surface area contributed by atoms with Crippen LogP contribution in [0.2, 0.25) is 0 Å². The largest absolute Gasteiger partial charge is 0.338 e. The van der Waals surface area contributed by atoms with E-state index in [4.69, 9.17) is 4.98 Å². The van der Waals surface area contributed by atoms with Gasteiger partial charge >= 0.3 is 0 Å². The van der Waals surface area contributed by atoms with Gasteiger partial charge in [-0.2, -0.15) is 0 Å². The van der Waals surface area contributed by atoms with Crippen LogP contribution in [-0.2, 0) is 17.8 Å². The zero-order valence-corrected chi connectivity index (χ0v) is 20.5. The Labute approximate surface area is 206 Å². The van der Waals surface area contributed by atoms with Crippen molar-refractivity contribution in [2.24, 2.45) is 0 Å². The Hall–Kier alpha value is -3.48. The van der Waals surface area contributed by atoms with Gasteiger partial charge in [0.2, 0.25) is 0 Å². The molecule has 1 aromatic carbocycles. The summed E-state index contributed by atoms with van der Waals surface area (Å²) < 4.78 is 0. The summed E-state index contributed by atoms with van der Waals surface area (Å²) in [4.78, 5) is 47.9.